The van der Waals surface area contributed by atoms with Crippen LogP contribution >= 0.6 is 0 Å². The number of aromatic nitrogens is 3. The number of hydrogen-bond donors (Lipinski definition) is 0. The highest BCUT2D eigenvalue weighted by atomic mass is 16.1. The lowest BCUT2D eigenvalue weighted by atomic mass is 10.1. The predicted molar refractivity (Wildman–Crippen MR) is 70.9 cm³/mol. The molecule has 4 heteroatoms. The van der Waals surface area contributed by atoms with E-state index in [9.17, 15) is 4.79 Å². The summed E-state index contributed by atoms with van der Waals surface area (Å²) < 4.78 is 3.80. The molecule has 0 aliphatic heterocycles. The first-order valence-electron chi connectivity index (χ1n) is 6.07. The maximum absolute atomic E-state index is 12.3. The highest BCUT2D eigenvalue weighted by molar-refractivity contribution is 5.97. The molecule has 0 aromatic carbocycles. The summed E-state index contributed by atoms with van der Waals surface area (Å²) in [7, 11) is 1.98. The molecule has 0 N–H and O–H groups in total. The first kappa shape index (κ1) is 12.6. The van der Waals surface area contributed by atoms with Crippen LogP contribution in [0.1, 0.15) is 33.1 Å². The van der Waals surface area contributed by atoms with E-state index in [-0.39, 0.29) is 5.78 Å². The fourth-order valence-electron chi connectivity index (χ4n) is 2.19. The fraction of sp³-hybridized carbons (Fsp3) is 0.429. The minimum absolute atomic E-state index is 0.113. The second-order valence-electron chi connectivity index (χ2n) is 4.85. The summed E-state index contributed by atoms with van der Waals surface area (Å²) in [4.78, 5) is 12.3. The van der Waals surface area contributed by atoms with Gasteiger partial charge in [0.2, 0.25) is 0 Å². The standard InChI is InChI=1S/C14H19N3O/c1-9-6-11(3)17(15-9)8-14(18)13-7-10(2)16(5)12(13)4/h6-7H,8H2,1-5H3. The van der Waals surface area contributed by atoms with Crippen molar-refractivity contribution in [3.63, 3.8) is 0 Å². The predicted octanol–water partition coefficient (Wildman–Crippen LogP) is 2.34. The van der Waals surface area contributed by atoms with Gasteiger partial charge < -0.3 is 4.57 Å². The molecule has 0 amide bonds. The number of rotatable bonds is 3. The number of aryl methyl sites for hydroxylation is 3. The van der Waals surface area contributed by atoms with Crippen LogP contribution in [0.4, 0.5) is 0 Å². The van der Waals surface area contributed by atoms with Crippen molar-refractivity contribution < 1.29 is 4.79 Å². The summed E-state index contributed by atoms with van der Waals surface area (Å²) >= 11 is 0. The van der Waals surface area contributed by atoms with Gasteiger partial charge in [-0.3, -0.25) is 9.48 Å². The zero-order valence-corrected chi connectivity index (χ0v) is 11.6. The highest BCUT2D eigenvalue weighted by Gasteiger charge is 2.15. The Bertz CT molecular complexity index is 605. The Balaban J connectivity index is 2.27. The molecule has 0 atom stereocenters. The van der Waals surface area contributed by atoms with Gasteiger partial charge in [0.05, 0.1) is 5.69 Å². The Hall–Kier alpha value is -1.84. The van der Waals surface area contributed by atoms with E-state index in [1.807, 2.05) is 51.4 Å². The average Bonchev–Trinajstić information content (AvgIpc) is 2.73. The third-order valence-electron chi connectivity index (χ3n) is 3.47. The van der Waals surface area contributed by atoms with Gasteiger partial charge in [-0.1, -0.05) is 0 Å². The molecule has 2 rings (SSSR count). The van der Waals surface area contributed by atoms with E-state index in [0.29, 0.717) is 6.54 Å². The van der Waals surface area contributed by atoms with Crippen LogP contribution in [-0.4, -0.2) is 20.1 Å². The van der Waals surface area contributed by atoms with Crippen LogP contribution in [-0.2, 0) is 13.6 Å². The van der Waals surface area contributed by atoms with E-state index in [1.54, 1.807) is 4.68 Å². The molecule has 0 spiro atoms. The largest absolute Gasteiger partial charge is 0.351 e. The SMILES string of the molecule is Cc1cc(C)n(CC(=O)c2cc(C)n(C)c2C)n1. The Kier molecular flexibility index (Phi) is 3.11. The first-order valence-corrected chi connectivity index (χ1v) is 6.07. The molecule has 0 saturated heterocycles. The summed E-state index contributed by atoms with van der Waals surface area (Å²) in [5.41, 5.74) is 4.87. The van der Waals surface area contributed by atoms with Gasteiger partial charge >= 0.3 is 0 Å². The average molecular weight is 245 g/mol. The maximum atomic E-state index is 12.3. The van der Waals surface area contributed by atoms with E-state index < -0.39 is 0 Å². The van der Waals surface area contributed by atoms with Crippen LogP contribution in [0.5, 0.6) is 0 Å². The monoisotopic (exact) mass is 245 g/mol. The van der Waals surface area contributed by atoms with Crippen molar-refractivity contribution in [3.8, 4) is 0 Å². The van der Waals surface area contributed by atoms with E-state index >= 15 is 0 Å². The summed E-state index contributed by atoms with van der Waals surface area (Å²) in [6.45, 7) is 8.20. The smallest absolute Gasteiger partial charge is 0.186 e. The van der Waals surface area contributed by atoms with Crippen molar-refractivity contribution >= 4 is 5.78 Å². The zero-order chi connectivity index (χ0) is 13.4. The lowest BCUT2D eigenvalue weighted by Gasteiger charge is -2.04. The maximum Gasteiger partial charge on any atom is 0.186 e. The molecule has 0 aliphatic rings. The van der Waals surface area contributed by atoms with E-state index in [2.05, 4.69) is 5.10 Å². The third-order valence-corrected chi connectivity index (χ3v) is 3.47. The van der Waals surface area contributed by atoms with Crippen LogP contribution in [0.2, 0.25) is 0 Å². The molecule has 18 heavy (non-hydrogen) atoms. The number of Topliss-reactive ketones (excluding diaryl/α,β-unsaturated/α-hetero) is 1. The van der Waals surface area contributed by atoms with Crippen LogP contribution in [0.25, 0.3) is 0 Å². The molecule has 96 valence electrons. The van der Waals surface area contributed by atoms with Gasteiger partial charge in [0.25, 0.3) is 0 Å². The van der Waals surface area contributed by atoms with Crippen molar-refractivity contribution in [2.24, 2.45) is 7.05 Å². The molecular weight excluding hydrogens is 226 g/mol. The van der Waals surface area contributed by atoms with Crippen LogP contribution in [0.15, 0.2) is 12.1 Å². The summed E-state index contributed by atoms with van der Waals surface area (Å²) in [6.07, 6.45) is 0. The molecule has 0 unspecified atom stereocenters. The molecule has 0 saturated carbocycles. The molecule has 0 fully saturated rings. The van der Waals surface area contributed by atoms with Crippen molar-refractivity contribution in [1.29, 1.82) is 0 Å². The van der Waals surface area contributed by atoms with Crippen molar-refractivity contribution in [2.45, 2.75) is 34.2 Å². The zero-order valence-electron chi connectivity index (χ0n) is 11.6. The Labute approximate surface area is 107 Å². The highest BCUT2D eigenvalue weighted by Crippen LogP contribution is 2.15. The Morgan fingerprint density at radius 2 is 1.83 bits per heavy atom. The number of ketones is 1. The number of carbonyl (C=O) groups is 1. The first-order chi connectivity index (χ1) is 8.40. The molecule has 2 heterocycles. The second-order valence-corrected chi connectivity index (χ2v) is 4.85. The van der Waals surface area contributed by atoms with Crippen LogP contribution in [0.3, 0.4) is 0 Å². The lowest BCUT2D eigenvalue weighted by Crippen LogP contribution is -2.13. The van der Waals surface area contributed by atoms with Crippen LogP contribution in [0, 0.1) is 27.7 Å². The topological polar surface area (TPSA) is 39.8 Å². The van der Waals surface area contributed by atoms with Crippen molar-refractivity contribution in [1.82, 2.24) is 14.3 Å². The van der Waals surface area contributed by atoms with Crippen molar-refractivity contribution in [3.05, 3.63) is 40.5 Å². The van der Waals surface area contributed by atoms with Gasteiger partial charge in [-0.15, -0.1) is 0 Å². The van der Waals surface area contributed by atoms with E-state index in [0.717, 1.165) is 28.3 Å². The number of carbonyl (C=O) groups excluding carboxylic acids is 1. The van der Waals surface area contributed by atoms with Gasteiger partial charge in [0, 0.05) is 29.7 Å². The molecule has 2 aromatic heterocycles. The molecule has 0 bridgehead atoms. The van der Waals surface area contributed by atoms with Crippen molar-refractivity contribution in [2.75, 3.05) is 0 Å². The summed E-state index contributed by atoms with van der Waals surface area (Å²) in [6, 6.07) is 3.93. The van der Waals surface area contributed by atoms with Gasteiger partial charge in [-0.2, -0.15) is 5.10 Å². The van der Waals surface area contributed by atoms with Gasteiger partial charge in [-0.05, 0) is 39.8 Å². The molecule has 2 aromatic rings. The fourth-order valence-corrected chi connectivity index (χ4v) is 2.19. The molecule has 0 radical (unpaired) electrons. The van der Waals surface area contributed by atoms with Gasteiger partial charge in [0.15, 0.2) is 5.78 Å². The Morgan fingerprint density at radius 3 is 2.28 bits per heavy atom. The Morgan fingerprint density at radius 1 is 1.17 bits per heavy atom. The number of hydrogen-bond acceptors (Lipinski definition) is 2. The third kappa shape index (κ3) is 2.10. The van der Waals surface area contributed by atoms with E-state index in [4.69, 9.17) is 0 Å². The molecular formula is C14H19N3O. The quantitative estimate of drug-likeness (QED) is 0.779. The molecule has 4 nitrogen and oxygen atoms in total. The normalized spacial score (nSPS) is 10.9. The lowest BCUT2D eigenvalue weighted by molar-refractivity contribution is 0.0966. The van der Waals surface area contributed by atoms with Gasteiger partial charge in [-0.25, -0.2) is 0 Å². The van der Waals surface area contributed by atoms with Crippen LogP contribution < -0.4 is 0 Å². The minimum Gasteiger partial charge on any atom is -0.351 e. The number of nitrogens with zero attached hydrogens (tertiary/aromatic N) is 3. The summed E-state index contributed by atoms with van der Waals surface area (Å²) in [5.74, 6) is 0.113. The second kappa shape index (κ2) is 4.44. The molecule has 0 aliphatic carbocycles. The minimum atomic E-state index is 0.113. The van der Waals surface area contributed by atoms with E-state index in [1.165, 1.54) is 0 Å². The summed E-state index contributed by atoms with van der Waals surface area (Å²) in [5, 5.41) is 4.32. The van der Waals surface area contributed by atoms with Gasteiger partial charge in [0.1, 0.15) is 6.54 Å².